The first-order valence-corrected chi connectivity index (χ1v) is 6.39. The van der Waals surface area contributed by atoms with E-state index in [0.717, 1.165) is 12.8 Å². The highest BCUT2D eigenvalue weighted by molar-refractivity contribution is 5.83. The predicted octanol–water partition coefficient (Wildman–Crippen LogP) is 0.888. The van der Waals surface area contributed by atoms with E-state index in [4.69, 9.17) is 5.11 Å². The Balaban J connectivity index is 2.16. The molecule has 0 heterocycles. The van der Waals surface area contributed by atoms with Crippen LogP contribution >= 0.6 is 0 Å². The highest BCUT2D eigenvalue weighted by Crippen LogP contribution is 2.18. The molecular weight excluding hydrogens is 220 g/mol. The summed E-state index contributed by atoms with van der Waals surface area (Å²) in [6, 6.07) is -0.151. The van der Waals surface area contributed by atoms with Crippen LogP contribution in [0.25, 0.3) is 0 Å². The van der Waals surface area contributed by atoms with E-state index >= 15 is 0 Å². The van der Waals surface area contributed by atoms with Crippen LogP contribution in [0.5, 0.6) is 0 Å². The molecule has 0 radical (unpaired) electrons. The van der Waals surface area contributed by atoms with Crippen molar-refractivity contribution in [2.24, 2.45) is 0 Å². The average molecular weight is 242 g/mol. The molecule has 1 amide bonds. The fourth-order valence-corrected chi connectivity index (χ4v) is 1.61. The molecule has 1 fully saturated rings. The number of unbranched alkanes of at least 4 members (excludes halogenated alkanes) is 1. The van der Waals surface area contributed by atoms with E-state index in [2.05, 4.69) is 10.6 Å². The first kappa shape index (κ1) is 14.0. The van der Waals surface area contributed by atoms with Crippen molar-refractivity contribution >= 4 is 11.9 Å². The molecule has 1 unspecified atom stereocenters. The molecule has 98 valence electrons. The summed E-state index contributed by atoms with van der Waals surface area (Å²) in [4.78, 5) is 22.4. The van der Waals surface area contributed by atoms with Crippen LogP contribution in [-0.4, -0.2) is 35.6 Å². The van der Waals surface area contributed by atoms with Crippen molar-refractivity contribution in [3.63, 3.8) is 0 Å². The minimum atomic E-state index is -0.943. The van der Waals surface area contributed by atoms with Gasteiger partial charge in [-0.2, -0.15) is 0 Å². The quantitative estimate of drug-likeness (QED) is 0.561. The number of carboxylic acids is 1. The summed E-state index contributed by atoms with van der Waals surface area (Å²) in [5.74, 6) is -1.12. The third-order valence-electron chi connectivity index (χ3n) is 2.84. The van der Waals surface area contributed by atoms with Gasteiger partial charge in [0.15, 0.2) is 0 Å². The van der Waals surface area contributed by atoms with Gasteiger partial charge in [0, 0.05) is 19.0 Å². The summed E-state index contributed by atoms with van der Waals surface area (Å²) in [6.07, 6.45) is 4.99. The van der Waals surface area contributed by atoms with E-state index in [-0.39, 0.29) is 5.91 Å². The van der Waals surface area contributed by atoms with Gasteiger partial charge in [0.25, 0.3) is 0 Å². The fraction of sp³-hybridized carbons (Fsp3) is 0.833. The molecule has 5 nitrogen and oxygen atoms in total. The molecule has 1 saturated carbocycles. The number of hydrogen-bond acceptors (Lipinski definition) is 3. The van der Waals surface area contributed by atoms with Crippen LogP contribution in [0.2, 0.25) is 0 Å². The predicted molar refractivity (Wildman–Crippen MR) is 64.7 cm³/mol. The van der Waals surface area contributed by atoms with Crippen molar-refractivity contribution in [1.29, 1.82) is 0 Å². The average Bonchev–Trinajstić information content (AvgIpc) is 3.07. The van der Waals surface area contributed by atoms with Gasteiger partial charge in [0.05, 0.1) is 0 Å². The Morgan fingerprint density at radius 2 is 2.12 bits per heavy atom. The van der Waals surface area contributed by atoms with Crippen LogP contribution in [0.15, 0.2) is 0 Å². The lowest BCUT2D eigenvalue weighted by atomic mass is 10.1. The fourth-order valence-electron chi connectivity index (χ4n) is 1.61. The Hall–Kier alpha value is -1.10. The van der Waals surface area contributed by atoms with Crippen LogP contribution in [0.4, 0.5) is 0 Å². The monoisotopic (exact) mass is 242 g/mol. The molecule has 17 heavy (non-hydrogen) atoms. The molecule has 1 aliphatic carbocycles. The second-order valence-corrected chi connectivity index (χ2v) is 4.58. The zero-order valence-electron chi connectivity index (χ0n) is 10.4. The first-order chi connectivity index (χ1) is 8.13. The highest BCUT2D eigenvalue weighted by Gasteiger charge is 2.21. The van der Waals surface area contributed by atoms with Crippen molar-refractivity contribution < 1.29 is 14.7 Å². The normalized spacial score (nSPS) is 16.5. The van der Waals surface area contributed by atoms with Crippen LogP contribution in [0.1, 0.15) is 45.4 Å². The molecule has 0 bridgehead atoms. The molecule has 5 heteroatoms. The minimum absolute atomic E-state index is 0.179. The Kier molecular flexibility index (Phi) is 5.97. The van der Waals surface area contributed by atoms with E-state index in [0.29, 0.717) is 25.4 Å². The van der Waals surface area contributed by atoms with Crippen molar-refractivity contribution in [2.45, 2.75) is 57.5 Å². The van der Waals surface area contributed by atoms with Gasteiger partial charge < -0.3 is 15.7 Å². The second kappa shape index (κ2) is 7.27. The lowest BCUT2D eigenvalue weighted by Crippen LogP contribution is -2.41. The van der Waals surface area contributed by atoms with Crippen LogP contribution in [-0.2, 0) is 9.59 Å². The van der Waals surface area contributed by atoms with Gasteiger partial charge in [-0.15, -0.1) is 0 Å². The summed E-state index contributed by atoms with van der Waals surface area (Å²) < 4.78 is 0. The molecule has 0 aromatic heterocycles. The van der Waals surface area contributed by atoms with Gasteiger partial charge in [0.1, 0.15) is 6.04 Å². The number of hydrogen-bond donors (Lipinski definition) is 3. The Morgan fingerprint density at radius 3 is 2.65 bits per heavy atom. The zero-order chi connectivity index (χ0) is 12.7. The van der Waals surface area contributed by atoms with Gasteiger partial charge in [-0.05, 0) is 19.3 Å². The summed E-state index contributed by atoms with van der Waals surface area (Å²) in [5, 5.41) is 14.7. The number of carbonyl (C=O) groups is 2. The smallest absolute Gasteiger partial charge is 0.326 e. The molecule has 1 rings (SSSR count). The SMILES string of the molecule is CCCCC(NC(=O)CCNC1CC1)C(=O)O. The van der Waals surface area contributed by atoms with Crippen molar-refractivity contribution in [3.05, 3.63) is 0 Å². The van der Waals surface area contributed by atoms with Gasteiger partial charge >= 0.3 is 5.97 Å². The maximum absolute atomic E-state index is 11.5. The second-order valence-electron chi connectivity index (χ2n) is 4.58. The third-order valence-corrected chi connectivity index (χ3v) is 2.84. The Labute approximate surface area is 102 Å². The van der Waals surface area contributed by atoms with Gasteiger partial charge in [-0.25, -0.2) is 4.79 Å². The van der Waals surface area contributed by atoms with Gasteiger partial charge in [-0.1, -0.05) is 19.8 Å². The molecule has 0 aromatic carbocycles. The number of rotatable bonds is 9. The molecule has 0 saturated heterocycles. The lowest BCUT2D eigenvalue weighted by Gasteiger charge is -2.14. The van der Waals surface area contributed by atoms with Crippen LogP contribution in [0, 0.1) is 0 Å². The molecule has 0 aromatic rings. The van der Waals surface area contributed by atoms with Crippen LogP contribution < -0.4 is 10.6 Å². The van der Waals surface area contributed by atoms with E-state index in [9.17, 15) is 9.59 Å². The molecule has 0 aliphatic heterocycles. The zero-order valence-corrected chi connectivity index (χ0v) is 10.4. The minimum Gasteiger partial charge on any atom is -0.480 e. The lowest BCUT2D eigenvalue weighted by molar-refractivity contribution is -0.142. The van der Waals surface area contributed by atoms with E-state index in [1.165, 1.54) is 12.8 Å². The van der Waals surface area contributed by atoms with Gasteiger partial charge in [0.2, 0.25) is 5.91 Å². The number of carbonyl (C=O) groups excluding carboxylic acids is 1. The number of nitrogens with one attached hydrogen (secondary N) is 2. The summed E-state index contributed by atoms with van der Waals surface area (Å²) >= 11 is 0. The highest BCUT2D eigenvalue weighted by atomic mass is 16.4. The molecule has 0 spiro atoms. The van der Waals surface area contributed by atoms with Crippen molar-refractivity contribution in [3.8, 4) is 0 Å². The van der Waals surface area contributed by atoms with E-state index in [1.807, 2.05) is 6.92 Å². The molecule has 3 N–H and O–H groups in total. The summed E-state index contributed by atoms with van der Waals surface area (Å²) in [7, 11) is 0. The molecule has 1 aliphatic rings. The maximum Gasteiger partial charge on any atom is 0.326 e. The van der Waals surface area contributed by atoms with E-state index < -0.39 is 12.0 Å². The number of amides is 1. The van der Waals surface area contributed by atoms with E-state index in [1.54, 1.807) is 0 Å². The van der Waals surface area contributed by atoms with Crippen LogP contribution in [0.3, 0.4) is 0 Å². The Bertz CT molecular complexity index is 264. The first-order valence-electron chi connectivity index (χ1n) is 6.39. The number of aliphatic carboxylic acids is 1. The Morgan fingerprint density at radius 1 is 1.41 bits per heavy atom. The third kappa shape index (κ3) is 6.26. The maximum atomic E-state index is 11.5. The topological polar surface area (TPSA) is 78.4 Å². The largest absolute Gasteiger partial charge is 0.480 e. The molecule has 1 atom stereocenters. The summed E-state index contributed by atoms with van der Waals surface area (Å²) in [5.41, 5.74) is 0. The van der Waals surface area contributed by atoms with Crippen molar-refractivity contribution in [1.82, 2.24) is 10.6 Å². The summed E-state index contributed by atoms with van der Waals surface area (Å²) in [6.45, 7) is 2.64. The van der Waals surface area contributed by atoms with Crippen molar-refractivity contribution in [2.75, 3.05) is 6.54 Å². The molecular formula is C12H22N2O3. The standard InChI is InChI=1S/C12H22N2O3/c1-2-3-4-10(12(16)17)14-11(15)7-8-13-9-5-6-9/h9-10,13H,2-8H2,1H3,(H,14,15)(H,16,17). The van der Waals surface area contributed by atoms with Gasteiger partial charge in [-0.3, -0.25) is 4.79 Å². The number of carboxylic acid groups (broad SMARTS) is 1.